The van der Waals surface area contributed by atoms with E-state index in [-0.39, 0.29) is 0 Å². The van der Waals surface area contributed by atoms with Gasteiger partial charge in [-0.3, -0.25) is 0 Å². The number of rotatable bonds is 3. The van der Waals surface area contributed by atoms with Crippen molar-refractivity contribution >= 4 is 0 Å². The van der Waals surface area contributed by atoms with E-state index in [0.29, 0.717) is 6.10 Å². The molecule has 0 spiro atoms. The van der Waals surface area contributed by atoms with Crippen LogP contribution in [0, 0.1) is 0 Å². The minimum atomic E-state index is -0.448. The van der Waals surface area contributed by atoms with Crippen molar-refractivity contribution in [3.05, 3.63) is 0 Å². The van der Waals surface area contributed by atoms with Gasteiger partial charge in [0.1, 0.15) is 0 Å². The molecule has 0 saturated carbocycles. The highest BCUT2D eigenvalue weighted by molar-refractivity contribution is 4.86. The van der Waals surface area contributed by atoms with Gasteiger partial charge in [-0.2, -0.15) is 0 Å². The fourth-order valence-electron chi connectivity index (χ4n) is 2.43. The van der Waals surface area contributed by atoms with Crippen LogP contribution < -0.4 is 0 Å². The number of aliphatic hydroxyl groups is 1. The van der Waals surface area contributed by atoms with Crippen LogP contribution >= 0.6 is 0 Å². The molecular formula is C11H21NO2. The first kappa shape index (κ1) is 10.4. The van der Waals surface area contributed by atoms with Crippen LogP contribution in [-0.4, -0.2) is 48.0 Å². The molecule has 2 aliphatic rings. The van der Waals surface area contributed by atoms with Crippen molar-refractivity contribution in [1.29, 1.82) is 0 Å². The van der Waals surface area contributed by atoms with Gasteiger partial charge in [-0.15, -0.1) is 0 Å². The SMILES string of the molecule is CC1(O)CCN(CCC2CCCO2)C1. The van der Waals surface area contributed by atoms with Crippen molar-refractivity contribution in [3.63, 3.8) is 0 Å². The van der Waals surface area contributed by atoms with Crippen molar-refractivity contribution < 1.29 is 9.84 Å². The Morgan fingerprint density at radius 3 is 3.00 bits per heavy atom. The topological polar surface area (TPSA) is 32.7 Å². The maximum Gasteiger partial charge on any atom is 0.0758 e. The van der Waals surface area contributed by atoms with Crippen LogP contribution in [0.1, 0.15) is 32.6 Å². The average molecular weight is 199 g/mol. The van der Waals surface area contributed by atoms with Gasteiger partial charge in [0.05, 0.1) is 11.7 Å². The van der Waals surface area contributed by atoms with Gasteiger partial charge in [-0.25, -0.2) is 0 Å². The van der Waals surface area contributed by atoms with Crippen molar-refractivity contribution in [2.75, 3.05) is 26.2 Å². The van der Waals surface area contributed by atoms with Gasteiger partial charge in [-0.1, -0.05) is 0 Å². The zero-order valence-corrected chi connectivity index (χ0v) is 9.04. The van der Waals surface area contributed by atoms with Gasteiger partial charge in [0.2, 0.25) is 0 Å². The summed E-state index contributed by atoms with van der Waals surface area (Å²) in [5.74, 6) is 0. The molecule has 14 heavy (non-hydrogen) atoms. The van der Waals surface area contributed by atoms with E-state index in [9.17, 15) is 5.11 Å². The molecule has 2 unspecified atom stereocenters. The molecule has 82 valence electrons. The Kier molecular flexibility index (Phi) is 3.10. The largest absolute Gasteiger partial charge is 0.389 e. The fraction of sp³-hybridized carbons (Fsp3) is 1.00. The summed E-state index contributed by atoms with van der Waals surface area (Å²) >= 11 is 0. The lowest BCUT2D eigenvalue weighted by Crippen LogP contribution is -2.31. The molecule has 2 atom stereocenters. The van der Waals surface area contributed by atoms with Crippen molar-refractivity contribution in [1.82, 2.24) is 4.90 Å². The smallest absolute Gasteiger partial charge is 0.0758 e. The summed E-state index contributed by atoms with van der Waals surface area (Å²) in [6.07, 6.45) is 4.99. The van der Waals surface area contributed by atoms with Crippen LogP contribution in [0.25, 0.3) is 0 Å². The molecular weight excluding hydrogens is 178 g/mol. The van der Waals surface area contributed by atoms with Crippen LogP contribution in [0.3, 0.4) is 0 Å². The molecule has 0 bridgehead atoms. The summed E-state index contributed by atoms with van der Waals surface area (Å²) in [7, 11) is 0. The molecule has 3 heteroatoms. The molecule has 2 fully saturated rings. The maximum atomic E-state index is 9.78. The second-order valence-corrected chi connectivity index (χ2v) is 4.95. The molecule has 0 aromatic rings. The number of nitrogens with zero attached hydrogens (tertiary/aromatic N) is 1. The lowest BCUT2D eigenvalue weighted by atomic mass is 10.1. The van der Waals surface area contributed by atoms with E-state index in [4.69, 9.17) is 4.74 Å². The van der Waals surface area contributed by atoms with E-state index in [2.05, 4.69) is 4.90 Å². The summed E-state index contributed by atoms with van der Waals surface area (Å²) < 4.78 is 5.58. The van der Waals surface area contributed by atoms with Gasteiger partial charge in [0.15, 0.2) is 0 Å². The Balaban J connectivity index is 1.66. The first-order valence-corrected chi connectivity index (χ1v) is 5.72. The predicted molar refractivity (Wildman–Crippen MR) is 55.3 cm³/mol. The van der Waals surface area contributed by atoms with Crippen LogP contribution in [0.5, 0.6) is 0 Å². The molecule has 1 N–H and O–H groups in total. The fourth-order valence-corrected chi connectivity index (χ4v) is 2.43. The van der Waals surface area contributed by atoms with E-state index in [1.807, 2.05) is 6.92 Å². The number of hydrogen-bond acceptors (Lipinski definition) is 3. The van der Waals surface area contributed by atoms with Gasteiger partial charge in [0, 0.05) is 26.2 Å². The van der Waals surface area contributed by atoms with E-state index in [1.54, 1.807) is 0 Å². The quantitative estimate of drug-likeness (QED) is 0.736. The molecule has 0 aromatic heterocycles. The minimum absolute atomic E-state index is 0.448. The molecule has 2 saturated heterocycles. The van der Waals surface area contributed by atoms with E-state index in [1.165, 1.54) is 12.8 Å². The van der Waals surface area contributed by atoms with E-state index in [0.717, 1.165) is 39.1 Å². The highest BCUT2D eigenvalue weighted by atomic mass is 16.5. The summed E-state index contributed by atoms with van der Waals surface area (Å²) in [4.78, 5) is 2.35. The number of hydrogen-bond donors (Lipinski definition) is 1. The van der Waals surface area contributed by atoms with Crippen molar-refractivity contribution in [2.24, 2.45) is 0 Å². The third kappa shape index (κ3) is 2.69. The summed E-state index contributed by atoms with van der Waals surface area (Å²) in [5, 5.41) is 9.78. The molecule has 0 aromatic carbocycles. The average Bonchev–Trinajstić information content (AvgIpc) is 2.70. The zero-order chi connectivity index (χ0) is 10.0. The molecule has 3 nitrogen and oxygen atoms in total. The predicted octanol–water partition coefficient (Wildman–Crippen LogP) is 1.01. The Hall–Kier alpha value is -0.120. The third-order valence-corrected chi connectivity index (χ3v) is 3.32. The Labute approximate surface area is 86.0 Å². The first-order valence-electron chi connectivity index (χ1n) is 5.72. The number of likely N-dealkylation sites (tertiary alicyclic amines) is 1. The number of ether oxygens (including phenoxy) is 1. The molecule has 2 heterocycles. The van der Waals surface area contributed by atoms with Gasteiger partial charge < -0.3 is 14.7 Å². The number of β-amino-alcohol motifs (C(OH)–C–C–N with tert-alkyl or cyclic N) is 1. The van der Waals surface area contributed by atoms with Crippen LogP contribution in [0.2, 0.25) is 0 Å². The molecule has 0 radical (unpaired) electrons. The van der Waals surface area contributed by atoms with Crippen molar-refractivity contribution in [3.8, 4) is 0 Å². The van der Waals surface area contributed by atoms with Crippen molar-refractivity contribution in [2.45, 2.75) is 44.3 Å². The van der Waals surface area contributed by atoms with Gasteiger partial charge >= 0.3 is 0 Å². The summed E-state index contributed by atoms with van der Waals surface area (Å²) in [5.41, 5.74) is -0.448. The van der Waals surface area contributed by atoms with E-state index < -0.39 is 5.60 Å². The lowest BCUT2D eigenvalue weighted by molar-refractivity contribution is 0.0620. The van der Waals surface area contributed by atoms with Gasteiger partial charge in [-0.05, 0) is 32.6 Å². The molecule has 2 rings (SSSR count). The third-order valence-electron chi connectivity index (χ3n) is 3.32. The minimum Gasteiger partial charge on any atom is -0.389 e. The molecule has 0 amide bonds. The highest BCUT2D eigenvalue weighted by Gasteiger charge is 2.31. The van der Waals surface area contributed by atoms with Crippen LogP contribution in [-0.2, 0) is 4.74 Å². The second-order valence-electron chi connectivity index (χ2n) is 4.95. The standard InChI is InChI=1S/C11H21NO2/c1-11(13)5-7-12(9-11)6-4-10-3-2-8-14-10/h10,13H,2-9H2,1H3. The van der Waals surface area contributed by atoms with E-state index >= 15 is 0 Å². The Morgan fingerprint density at radius 2 is 2.43 bits per heavy atom. The first-order chi connectivity index (χ1) is 6.66. The Bertz CT molecular complexity index is 188. The Morgan fingerprint density at radius 1 is 1.57 bits per heavy atom. The van der Waals surface area contributed by atoms with Gasteiger partial charge in [0.25, 0.3) is 0 Å². The van der Waals surface area contributed by atoms with Crippen LogP contribution in [0.4, 0.5) is 0 Å². The normalized spacial score (nSPS) is 39.4. The highest BCUT2D eigenvalue weighted by Crippen LogP contribution is 2.22. The monoisotopic (exact) mass is 199 g/mol. The summed E-state index contributed by atoms with van der Waals surface area (Å²) in [6.45, 7) is 5.84. The van der Waals surface area contributed by atoms with Crippen LogP contribution in [0.15, 0.2) is 0 Å². The second kappa shape index (κ2) is 4.17. The summed E-state index contributed by atoms with van der Waals surface area (Å²) in [6, 6.07) is 0. The zero-order valence-electron chi connectivity index (χ0n) is 9.04. The lowest BCUT2D eigenvalue weighted by Gasteiger charge is -2.20. The molecule has 2 aliphatic heterocycles. The molecule has 0 aliphatic carbocycles. The maximum absolute atomic E-state index is 9.78.